The molecule has 0 saturated heterocycles. The monoisotopic (exact) mass is 212 g/mol. The lowest BCUT2D eigenvalue weighted by Gasteiger charge is -2.31. The van der Waals surface area contributed by atoms with E-state index in [4.69, 9.17) is 5.73 Å². The van der Waals surface area contributed by atoms with Crippen LogP contribution in [-0.2, 0) is 0 Å². The molecule has 0 heterocycles. The molecule has 2 N–H and O–H groups in total. The first-order chi connectivity index (χ1) is 7.11. The Balaban J connectivity index is 2.21. The molecule has 0 spiro atoms. The Morgan fingerprint density at radius 1 is 1.40 bits per heavy atom. The second kappa shape index (κ2) is 6.49. The number of nitrogens with zero attached hydrogens (tertiary/aromatic N) is 1. The molecule has 2 nitrogen and oxygen atoms in total. The highest BCUT2D eigenvalue weighted by Crippen LogP contribution is 2.23. The molecular formula is C13H28N2. The minimum absolute atomic E-state index is 0.473. The summed E-state index contributed by atoms with van der Waals surface area (Å²) in [6.45, 7) is 7.10. The van der Waals surface area contributed by atoms with Crippen LogP contribution in [0.2, 0.25) is 0 Å². The first kappa shape index (κ1) is 13.0. The maximum atomic E-state index is 6.01. The van der Waals surface area contributed by atoms with Crippen LogP contribution >= 0.6 is 0 Å². The molecule has 1 aliphatic rings. The number of nitrogens with two attached hydrogens (primary N) is 1. The van der Waals surface area contributed by atoms with Crippen molar-refractivity contribution in [1.29, 1.82) is 0 Å². The highest BCUT2D eigenvalue weighted by molar-refractivity contribution is 4.77. The second-order valence-corrected chi connectivity index (χ2v) is 5.53. The Morgan fingerprint density at radius 3 is 2.73 bits per heavy atom. The number of rotatable bonds is 5. The van der Waals surface area contributed by atoms with Crippen LogP contribution in [-0.4, -0.2) is 31.1 Å². The molecular weight excluding hydrogens is 184 g/mol. The standard InChI is InChI=1S/C13H28N2/c1-4-11(2)9-15(3)10-12-6-5-7-13(14)8-12/h11-13H,4-10,14H2,1-3H3. The van der Waals surface area contributed by atoms with Gasteiger partial charge in [0.05, 0.1) is 0 Å². The molecule has 1 saturated carbocycles. The summed E-state index contributed by atoms with van der Waals surface area (Å²) in [4.78, 5) is 2.50. The number of hydrogen-bond acceptors (Lipinski definition) is 2. The molecule has 2 heteroatoms. The highest BCUT2D eigenvalue weighted by atomic mass is 15.1. The Labute approximate surface area is 95.2 Å². The summed E-state index contributed by atoms with van der Waals surface area (Å²) in [5.74, 6) is 1.68. The smallest absolute Gasteiger partial charge is 0.00419 e. The quantitative estimate of drug-likeness (QED) is 0.758. The lowest BCUT2D eigenvalue weighted by atomic mass is 9.86. The van der Waals surface area contributed by atoms with E-state index in [9.17, 15) is 0 Å². The molecule has 0 aromatic carbocycles. The Hall–Kier alpha value is -0.0800. The molecule has 90 valence electrons. The second-order valence-electron chi connectivity index (χ2n) is 5.53. The van der Waals surface area contributed by atoms with Gasteiger partial charge in [-0.2, -0.15) is 0 Å². The summed E-state index contributed by atoms with van der Waals surface area (Å²) >= 11 is 0. The average Bonchev–Trinajstić information content (AvgIpc) is 2.17. The van der Waals surface area contributed by atoms with Crippen LogP contribution < -0.4 is 5.73 Å². The van der Waals surface area contributed by atoms with Gasteiger partial charge in [-0.15, -0.1) is 0 Å². The number of hydrogen-bond donors (Lipinski definition) is 1. The van der Waals surface area contributed by atoms with Crippen LogP contribution in [0.15, 0.2) is 0 Å². The van der Waals surface area contributed by atoms with Gasteiger partial charge in [-0.3, -0.25) is 0 Å². The van der Waals surface area contributed by atoms with Gasteiger partial charge in [0, 0.05) is 19.1 Å². The van der Waals surface area contributed by atoms with Crippen LogP contribution in [0.4, 0.5) is 0 Å². The van der Waals surface area contributed by atoms with Gasteiger partial charge in [-0.25, -0.2) is 0 Å². The van der Waals surface area contributed by atoms with Gasteiger partial charge in [-0.1, -0.05) is 26.7 Å². The minimum atomic E-state index is 0.473. The van der Waals surface area contributed by atoms with E-state index in [1.807, 2.05) is 0 Å². The van der Waals surface area contributed by atoms with Crippen molar-refractivity contribution in [2.45, 2.75) is 52.0 Å². The average molecular weight is 212 g/mol. The van der Waals surface area contributed by atoms with Crippen LogP contribution in [0, 0.1) is 11.8 Å². The molecule has 0 amide bonds. The van der Waals surface area contributed by atoms with E-state index < -0.39 is 0 Å². The molecule has 3 unspecified atom stereocenters. The zero-order valence-electron chi connectivity index (χ0n) is 10.7. The third-order valence-electron chi connectivity index (χ3n) is 3.71. The summed E-state index contributed by atoms with van der Waals surface area (Å²) in [6, 6.07) is 0.473. The molecule has 1 aliphatic carbocycles. The molecule has 1 fully saturated rings. The normalized spacial score (nSPS) is 29.4. The lowest BCUT2D eigenvalue weighted by molar-refractivity contribution is 0.202. The minimum Gasteiger partial charge on any atom is -0.328 e. The summed E-state index contributed by atoms with van der Waals surface area (Å²) in [7, 11) is 2.26. The van der Waals surface area contributed by atoms with Crippen molar-refractivity contribution in [3.63, 3.8) is 0 Å². The van der Waals surface area contributed by atoms with E-state index >= 15 is 0 Å². The zero-order chi connectivity index (χ0) is 11.3. The maximum absolute atomic E-state index is 6.01. The van der Waals surface area contributed by atoms with Crippen molar-refractivity contribution >= 4 is 0 Å². The maximum Gasteiger partial charge on any atom is 0.00419 e. The van der Waals surface area contributed by atoms with Crippen molar-refractivity contribution < 1.29 is 0 Å². The van der Waals surface area contributed by atoms with Gasteiger partial charge in [-0.05, 0) is 38.1 Å². The van der Waals surface area contributed by atoms with Crippen LogP contribution in [0.5, 0.6) is 0 Å². The summed E-state index contributed by atoms with van der Waals surface area (Å²) in [6.07, 6.45) is 6.49. The summed E-state index contributed by atoms with van der Waals surface area (Å²) in [5, 5.41) is 0. The zero-order valence-corrected chi connectivity index (χ0v) is 10.7. The molecule has 15 heavy (non-hydrogen) atoms. The van der Waals surface area contributed by atoms with E-state index in [1.54, 1.807) is 0 Å². The topological polar surface area (TPSA) is 29.3 Å². The third-order valence-corrected chi connectivity index (χ3v) is 3.71. The third kappa shape index (κ3) is 4.98. The molecule has 0 aromatic heterocycles. The SMILES string of the molecule is CCC(C)CN(C)CC1CCCC(N)C1. The predicted molar refractivity (Wildman–Crippen MR) is 66.9 cm³/mol. The first-order valence-corrected chi connectivity index (χ1v) is 6.56. The van der Waals surface area contributed by atoms with Crippen LogP contribution in [0.25, 0.3) is 0 Å². The molecule has 0 aliphatic heterocycles. The van der Waals surface area contributed by atoms with Gasteiger partial charge < -0.3 is 10.6 Å². The van der Waals surface area contributed by atoms with Crippen molar-refractivity contribution in [2.24, 2.45) is 17.6 Å². The molecule has 3 atom stereocenters. The van der Waals surface area contributed by atoms with E-state index in [2.05, 4.69) is 25.8 Å². The largest absolute Gasteiger partial charge is 0.328 e. The van der Waals surface area contributed by atoms with Gasteiger partial charge in [0.2, 0.25) is 0 Å². The predicted octanol–water partition coefficient (Wildman–Crippen LogP) is 2.48. The van der Waals surface area contributed by atoms with E-state index in [0.717, 1.165) is 11.8 Å². The van der Waals surface area contributed by atoms with Gasteiger partial charge in [0.1, 0.15) is 0 Å². The van der Waals surface area contributed by atoms with E-state index in [-0.39, 0.29) is 0 Å². The van der Waals surface area contributed by atoms with Crippen molar-refractivity contribution in [2.75, 3.05) is 20.1 Å². The Morgan fingerprint density at radius 2 is 2.13 bits per heavy atom. The van der Waals surface area contributed by atoms with Crippen molar-refractivity contribution in [3.8, 4) is 0 Å². The fourth-order valence-electron chi connectivity index (χ4n) is 2.67. The summed E-state index contributed by atoms with van der Waals surface area (Å²) in [5.41, 5.74) is 6.01. The van der Waals surface area contributed by atoms with Gasteiger partial charge in [0.15, 0.2) is 0 Å². The first-order valence-electron chi connectivity index (χ1n) is 6.56. The van der Waals surface area contributed by atoms with Crippen LogP contribution in [0.3, 0.4) is 0 Å². The van der Waals surface area contributed by atoms with E-state index in [1.165, 1.54) is 45.2 Å². The van der Waals surface area contributed by atoms with Gasteiger partial charge >= 0.3 is 0 Å². The summed E-state index contributed by atoms with van der Waals surface area (Å²) < 4.78 is 0. The molecule has 0 aromatic rings. The molecule has 0 bridgehead atoms. The fourth-order valence-corrected chi connectivity index (χ4v) is 2.67. The lowest BCUT2D eigenvalue weighted by Crippen LogP contribution is -2.35. The molecule has 1 rings (SSSR count). The molecule has 0 radical (unpaired) electrons. The van der Waals surface area contributed by atoms with E-state index in [0.29, 0.717) is 6.04 Å². The Kier molecular flexibility index (Phi) is 5.62. The van der Waals surface area contributed by atoms with Crippen LogP contribution in [0.1, 0.15) is 46.0 Å². The highest BCUT2D eigenvalue weighted by Gasteiger charge is 2.20. The Bertz CT molecular complexity index is 170. The van der Waals surface area contributed by atoms with Crippen molar-refractivity contribution in [3.05, 3.63) is 0 Å². The fraction of sp³-hybridized carbons (Fsp3) is 1.00. The van der Waals surface area contributed by atoms with Crippen molar-refractivity contribution in [1.82, 2.24) is 4.90 Å². The van der Waals surface area contributed by atoms with Gasteiger partial charge in [0.25, 0.3) is 0 Å².